The van der Waals surface area contributed by atoms with Crippen molar-refractivity contribution < 1.29 is 14.0 Å². The molecule has 0 saturated heterocycles. The molecule has 0 saturated carbocycles. The number of nitrogens with one attached hydrogen (secondary N) is 2. The van der Waals surface area contributed by atoms with Crippen molar-refractivity contribution in [3.8, 4) is 0 Å². The van der Waals surface area contributed by atoms with Gasteiger partial charge in [-0.25, -0.2) is 4.39 Å². The van der Waals surface area contributed by atoms with Crippen LogP contribution in [0.5, 0.6) is 0 Å². The van der Waals surface area contributed by atoms with Gasteiger partial charge in [-0.2, -0.15) is 0 Å². The van der Waals surface area contributed by atoms with Gasteiger partial charge in [0.15, 0.2) is 0 Å². The largest absolute Gasteiger partial charge is 0.348 e. The van der Waals surface area contributed by atoms with Crippen LogP contribution in [0.1, 0.15) is 38.8 Å². The number of nitrogens with zero attached hydrogens (tertiary/aromatic N) is 1. The molecule has 0 bridgehead atoms. The van der Waals surface area contributed by atoms with E-state index in [1.54, 1.807) is 12.1 Å². The molecule has 1 heterocycles. The molecular weight excluding hydrogens is 357 g/mol. The molecule has 142 valence electrons. The molecule has 3 rings (SSSR count). The first-order valence-corrected chi connectivity index (χ1v) is 8.93. The highest BCUT2D eigenvalue weighted by atomic mass is 19.1. The van der Waals surface area contributed by atoms with E-state index < -0.39 is 0 Å². The number of anilines is 1. The fraction of sp³-hybridized carbons (Fsp3) is 0.136. The summed E-state index contributed by atoms with van der Waals surface area (Å²) in [5.41, 5.74) is 3.19. The number of rotatable bonds is 6. The van der Waals surface area contributed by atoms with Crippen LogP contribution in [0, 0.1) is 5.82 Å². The van der Waals surface area contributed by atoms with E-state index in [2.05, 4.69) is 22.5 Å². The third-order valence-corrected chi connectivity index (χ3v) is 4.25. The summed E-state index contributed by atoms with van der Waals surface area (Å²) in [6.45, 7) is 2.31. The van der Waals surface area contributed by atoms with E-state index in [0.717, 1.165) is 12.0 Å². The molecule has 0 spiro atoms. The lowest BCUT2D eigenvalue weighted by atomic mass is 10.1. The Labute approximate surface area is 162 Å². The summed E-state index contributed by atoms with van der Waals surface area (Å²) in [6, 6.07) is 14.9. The minimum atomic E-state index is -0.362. The second-order valence-electron chi connectivity index (χ2n) is 6.28. The quantitative estimate of drug-likeness (QED) is 0.683. The fourth-order valence-electron chi connectivity index (χ4n) is 2.60. The number of amides is 2. The molecule has 28 heavy (non-hydrogen) atoms. The first-order chi connectivity index (χ1) is 13.5. The van der Waals surface area contributed by atoms with Crippen LogP contribution in [0.25, 0.3) is 0 Å². The molecule has 0 fully saturated rings. The Morgan fingerprint density at radius 2 is 1.50 bits per heavy atom. The van der Waals surface area contributed by atoms with Gasteiger partial charge < -0.3 is 10.6 Å². The lowest BCUT2D eigenvalue weighted by molar-refractivity contribution is 0.0950. The Morgan fingerprint density at radius 1 is 0.893 bits per heavy atom. The SMILES string of the molecule is CCc1ccc(NC(=O)c2cncc(C(=O)NCc3ccc(F)cc3)c2)cc1. The maximum atomic E-state index is 12.9. The van der Waals surface area contributed by atoms with Crippen molar-refractivity contribution in [3.63, 3.8) is 0 Å². The molecule has 1 aromatic heterocycles. The third kappa shape index (κ3) is 5.01. The minimum absolute atomic E-state index is 0.249. The average molecular weight is 377 g/mol. The van der Waals surface area contributed by atoms with Gasteiger partial charge in [-0.15, -0.1) is 0 Å². The number of halogens is 1. The van der Waals surface area contributed by atoms with E-state index in [-0.39, 0.29) is 35.3 Å². The normalized spacial score (nSPS) is 10.4. The van der Waals surface area contributed by atoms with Gasteiger partial charge in [-0.3, -0.25) is 14.6 Å². The highest BCUT2D eigenvalue weighted by Gasteiger charge is 2.12. The predicted molar refractivity (Wildman–Crippen MR) is 106 cm³/mol. The molecule has 0 aliphatic carbocycles. The minimum Gasteiger partial charge on any atom is -0.348 e. The van der Waals surface area contributed by atoms with Gasteiger partial charge in [-0.1, -0.05) is 31.2 Å². The van der Waals surface area contributed by atoms with Crippen molar-refractivity contribution in [2.75, 3.05) is 5.32 Å². The summed E-state index contributed by atoms with van der Waals surface area (Å²) in [7, 11) is 0. The smallest absolute Gasteiger partial charge is 0.257 e. The Kier molecular flexibility index (Phi) is 6.11. The van der Waals surface area contributed by atoms with Gasteiger partial charge in [0, 0.05) is 24.6 Å². The maximum absolute atomic E-state index is 12.9. The molecule has 2 amide bonds. The van der Waals surface area contributed by atoms with Crippen molar-refractivity contribution in [2.24, 2.45) is 0 Å². The molecular formula is C22H20FN3O2. The van der Waals surface area contributed by atoms with Gasteiger partial charge in [0.1, 0.15) is 5.82 Å². The topological polar surface area (TPSA) is 71.1 Å². The van der Waals surface area contributed by atoms with Crippen LogP contribution in [-0.2, 0) is 13.0 Å². The molecule has 5 nitrogen and oxygen atoms in total. The highest BCUT2D eigenvalue weighted by Crippen LogP contribution is 2.12. The lowest BCUT2D eigenvalue weighted by Gasteiger charge is -2.08. The third-order valence-electron chi connectivity index (χ3n) is 4.25. The van der Waals surface area contributed by atoms with Crippen LogP contribution in [0.2, 0.25) is 0 Å². The van der Waals surface area contributed by atoms with Crippen LogP contribution in [-0.4, -0.2) is 16.8 Å². The highest BCUT2D eigenvalue weighted by molar-refractivity contribution is 6.05. The first kappa shape index (κ1) is 19.2. The summed E-state index contributed by atoms with van der Waals surface area (Å²) in [5, 5.41) is 5.52. The van der Waals surface area contributed by atoms with E-state index in [1.165, 1.54) is 36.2 Å². The Morgan fingerprint density at radius 3 is 2.14 bits per heavy atom. The summed E-state index contributed by atoms with van der Waals surface area (Å²) in [5.74, 6) is -1.04. The van der Waals surface area contributed by atoms with Crippen LogP contribution in [0.15, 0.2) is 67.0 Å². The number of aryl methyl sites for hydroxylation is 1. The molecule has 0 radical (unpaired) electrons. The molecule has 2 aromatic carbocycles. The van der Waals surface area contributed by atoms with E-state index in [4.69, 9.17) is 0 Å². The Balaban J connectivity index is 1.64. The first-order valence-electron chi connectivity index (χ1n) is 8.93. The number of benzene rings is 2. The van der Waals surface area contributed by atoms with Gasteiger partial charge in [0.05, 0.1) is 11.1 Å². The summed E-state index contributed by atoms with van der Waals surface area (Å²) < 4.78 is 12.9. The van der Waals surface area contributed by atoms with Crippen molar-refractivity contribution in [3.05, 3.63) is 95.1 Å². The lowest BCUT2D eigenvalue weighted by Crippen LogP contribution is -2.23. The number of carbonyl (C=O) groups excluding carboxylic acids is 2. The Bertz CT molecular complexity index is 970. The summed E-state index contributed by atoms with van der Waals surface area (Å²) in [6.07, 6.45) is 3.73. The number of carbonyl (C=O) groups is 2. The second-order valence-corrected chi connectivity index (χ2v) is 6.28. The molecule has 0 unspecified atom stereocenters. The standard InChI is InChI=1S/C22H20FN3O2/c1-2-15-5-9-20(10-6-15)26-22(28)18-11-17(13-24-14-18)21(27)25-12-16-3-7-19(23)8-4-16/h3-11,13-14H,2,12H2,1H3,(H,25,27)(H,26,28). The molecule has 0 atom stereocenters. The molecule has 0 aliphatic heterocycles. The molecule has 3 aromatic rings. The van der Waals surface area contributed by atoms with E-state index in [1.807, 2.05) is 24.3 Å². The maximum Gasteiger partial charge on any atom is 0.257 e. The fourth-order valence-corrected chi connectivity index (χ4v) is 2.60. The zero-order valence-electron chi connectivity index (χ0n) is 15.4. The second kappa shape index (κ2) is 8.90. The van der Waals surface area contributed by atoms with Gasteiger partial charge in [0.2, 0.25) is 0 Å². The van der Waals surface area contributed by atoms with Gasteiger partial charge in [0.25, 0.3) is 11.8 Å². The predicted octanol–water partition coefficient (Wildman–Crippen LogP) is 3.97. The summed E-state index contributed by atoms with van der Waals surface area (Å²) in [4.78, 5) is 28.8. The van der Waals surface area contributed by atoms with Crippen molar-refractivity contribution >= 4 is 17.5 Å². The van der Waals surface area contributed by atoms with Crippen LogP contribution < -0.4 is 10.6 Å². The zero-order valence-corrected chi connectivity index (χ0v) is 15.4. The molecule has 2 N–H and O–H groups in total. The van der Waals surface area contributed by atoms with Crippen molar-refractivity contribution in [1.82, 2.24) is 10.3 Å². The van der Waals surface area contributed by atoms with Gasteiger partial charge >= 0.3 is 0 Å². The zero-order chi connectivity index (χ0) is 19.9. The molecule has 0 aliphatic rings. The Hall–Kier alpha value is -3.54. The molecule has 6 heteroatoms. The number of aromatic nitrogens is 1. The van der Waals surface area contributed by atoms with Crippen molar-refractivity contribution in [2.45, 2.75) is 19.9 Å². The average Bonchev–Trinajstić information content (AvgIpc) is 2.73. The van der Waals surface area contributed by atoms with Crippen LogP contribution in [0.3, 0.4) is 0 Å². The van der Waals surface area contributed by atoms with E-state index in [9.17, 15) is 14.0 Å². The van der Waals surface area contributed by atoms with Gasteiger partial charge in [-0.05, 0) is 47.9 Å². The van der Waals surface area contributed by atoms with E-state index >= 15 is 0 Å². The number of pyridine rings is 1. The monoisotopic (exact) mass is 377 g/mol. The number of hydrogen-bond acceptors (Lipinski definition) is 3. The number of hydrogen-bond donors (Lipinski definition) is 2. The van der Waals surface area contributed by atoms with Crippen molar-refractivity contribution in [1.29, 1.82) is 0 Å². The van der Waals surface area contributed by atoms with Crippen LogP contribution >= 0.6 is 0 Å². The summed E-state index contributed by atoms with van der Waals surface area (Å²) >= 11 is 0. The van der Waals surface area contributed by atoms with Crippen LogP contribution in [0.4, 0.5) is 10.1 Å². The van der Waals surface area contributed by atoms with E-state index in [0.29, 0.717) is 5.69 Å².